The van der Waals surface area contributed by atoms with Gasteiger partial charge < -0.3 is 5.32 Å². The number of carbonyl (C=O) groups is 2. The lowest BCUT2D eigenvalue weighted by atomic mass is 9.91. The van der Waals surface area contributed by atoms with Gasteiger partial charge in [-0.2, -0.15) is 0 Å². The van der Waals surface area contributed by atoms with Crippen LogP contribution in [0, 0.1) is 6.92 Å². The first-order valence-corrected chi connectivity index (χ1v) is 9.07. The molecule has 1 aliphatic carbocycles. The molecule has 1 N–H and O–H groups in total. The van der Waals surface area contributed by atoms with E-state index in [2.05, 4.69) is 5.32 Å². The standard InChI is InChI=1S/C18H18ClNO2S/c1-11-6-2-3-7-12(11)17(22)16-13-8-4-5-9-14(13)23-18(16)20-15(21)10-19/h2-3,6-7H,4-5,8-10H2,1H3,(H,20,21). The summed E-state index contributed by atoms with van der Waals surface area (Å²) in [6.45, 7) is 1.93. The molecule has 3 rings (SSSR count). The molecule has 1 amide bonds. The number of anilines is 1. The van der Waals surface area contributed by atoms with E-state index in [0.717, 1.165) is 36.8 Å². The third kappa shape index (κ3) is 3.19. The second-order valence-electron chi connectivity index (χ2n) is 5.74. The molecular formula is C18H18ClNO2S. The number of fused-ring (bicyclic) bond motifs is 1. The molecule has 3 nitrogen and oxygen atoms in total. The Morgan fingerprint density at radius 1 is 1.22 bits per heavy atom. The monoisotopic (exact) mass is 347 g/mol. The van der Waals surface area contributed by atoms with E-state index in [9.17, 15) is 9.59 Å². The predicted molar refractivity (Wildman–Crippen MR) is 94.9 cm³/mol. The Morgan fingerprint density at radius 2 is 1.96 bits per heavy atom. The third-order valence-electron chi connectivity index (χ3n) is 4.16. The van der Waals surface area contributed by atoms with Crippen molar-refractivity contribution in [1.29, 1.82) is 0 Å². The zero-order valence-corrected chi connectivity index (χ0v) is 14.5. The molecule has 23 heavy (non-hydrogen) atoms. The predicted octanol–water partition coefficient (Wildman–Crippen LogP) is 4.34. The summed E-state index contributed by atoms with van der Waals surface area (Å²) in [5, 5.41) is 3.46. The summed E-state index contributed by atoms with van der Waals surface area (Å²) in [6, 6.07) is 7.57. The summed E-state index contributed by atoms with van der Waals surface area (Å²) in [7, 11) is 0. The first-order valence-electron chi connectivity index (χ1n) is 7.72. The van der Waals surface area contributed by atoms with Gasteiger partial charge in [0.15, 0.2) is 5.78 Å². The summed E-state index contributed by atoms with van der Waals surface area (Å²) in [5.74, 6) is -0.392. The van der Waals surface area contributed by atoms with E-state index in [0.29, 0.717) is 16.1 Å². The summed E-state index contributed by atoms with van der Waals surface area (Å²) in [4.78, 5) is 26.1. The Kier molecular flexibility index (Phi) is 4.83. The van der Waals surface area contributed by atoms with Gasteiger partial charge in [-0.15, -0.1) is 22.9 Å². The number of aryl methyl sites for hydroxylation is 2. The van der Waals surface area contributed by atoms with Crippen molar-refractivity contribution in [2.45, 2.75) is 32.6 Å². The molecule has 0 radical (unpaired) electrons. The van der Waals surface area contributed by atoms with Gasteiger partial charge in [-0.25, -0.2) is 0 Å². The molecule has 120 valence electrons. The van der Waals surface area contributed by atoms with Gasteiger partial charge in [-0.3, -0.25) is 9.59 Å². The molecule has 0 spiro atoms. The third-order valence-corrected chi connectivity index (χ3v) is 5.61. The smallest absolute Gasteiger partial charge is 0.239 e. The molecule has 0 saturated heterocycles. The summed E-state index contributed by atoms with van der Waals surface area (Å²) in [6.07, 6.45) is 4.09. The number of halogens is 1. The minimum absolute atomic E-state index is 0.00706. The van der Waals surface area contributed by atoms with E-state index in [1.165, 1.54) is 16.2 Å². The average Bonchev–Trinajstić information content (AvgIpc) is 2.92. The van der Waals surface area contributed by atoms with Crippen LogP contribution in [0.25, 0.3) is 0 Å². The molecule has 1 heterocycles. The highest BCUT2D eigenvalue weighted by Gasteiger charge is 2.27. The van der Waals surface area contributed by atoms with Crippen molar-refractivity contribution in [3.63, 3.8) is 0 Å². The fourth-order valence-corrected chi connectivity index (χ4v) is 4.39. The van der Waals surface area contributed by atoms with Crippen molar-refractivity contribution in [3.8, 4) is 0 Å². The van der Waals surface area contributed by atoms with Gasteiger partial charge in [-0.1, -0.05) is 24.3 Å². The Labute approximate surface area is 144 Å². The van der Waals surface area contributed by atoms with E-state index in [4.69, 9.17) is 11.6 Å². The number of rotatable bonds is 4. The molecule has 0 unspecified atom stereocenters. The molecular weight excluding hydrogens is 330 g/mol. The number of nitrogens with one attached hydrogen (secondary N) is 1. The quantitative estimate of drug-likeness (QED) is 0.660. The van der Waals surface area contributed by atoms with Crippen LogP contribution in [0.1, 0.15) is 44.8 Å². The number of ketones is 1. The summed E-state index contributed by atoms with van der Waals surface area (Å²) in [5.41, 5.74) is 3.42. The van der Waals surface area contributed by atoms with Crippen LogP contribution in [0.4, 0.5) is 5.00 Å². The van der Waals surface area contributed by atoms with Crippen LogP contribution >= 0.6 is 22.9 Å². The highest BCUT2D eigenvalue weighted by atomic mass is 35.5. The minimum Gasteiger partial charge on any atom is -0.316 e. The molecule has 2 aromatic rings. The number of hydrogen-bond acceptors (Lipinski definition) is 3. The van der Waals surface area contributed by atoms with Gasteiger partial charge in [0, 0.05) is 10.4 Å². The van der Waals surface area contributed by atoms with Gasteiger partial charge in [0.05, 0.1) is 5.56 Å². The average molecular weight is 348 g/mol. The lowest BCUT2D eigenvalue weighted by Crippen LogP contribution is -2.15. The van der Waals surface area contributed by atoms with E-state index in [1.807, 2.05) is 31.2 Å². The van der Waals surface area contributed by atoms with Crippen molar-refractivity contribution in [2.24, 2.45) is 0 Å². The van der Waals surface area contributed by atoms with Crippen LogP contribution in [0.5, 0.6) is 0 Å². The highest BCUT2D eigenvalue weighted by Crippen LogP contribution is 2.39. The largest absolute Gasteiger partial charge is 0.316 e. The van der Waals surface area contributed by atoms with Crippen molar-refractivity contribution < 1.29 is 9.59 Å². The van der Waals surface area contributed by atoms with Gasteiger partial charge in [0.1, 0.15) is 10.9 Å². The molecule has 0 atom stereocenters. The number of hydrogen-bond donors (Lipinski definition) is 1. The van der Waals surface area contributed by atoms with Crippen LogP contribution in [0.15, 0.2) is 24.3 Å². The fourth-order valence-electron chi connectivity index (χ4n) is 3.02. The topological polar surface area (TPSA) is 46.2 Å². The lowest BCUT2D eigenvalue weighted by Gasteiger charge is -2.13. The van der Waals surface area contributed by atoms with Crippen molar-refractivity contribution in [1.82, 2.24) is 0 Å². The maximum absolute atomic E-state index is 13.1. The number of amides is 1. The number of carbonyl (C=O) groups excluding carboxylic acids is 2. The molecule has 0 bridgehead atoms. The van der Waals surface area contributed by atoms with Gasteiger partial charge in [0.2, 0.25) is 5.91 Å². The molecule has 0 aliphatic heterocycles. The van der Waals surface area contributed by atoms with Crippen LogP contribution in [-0.4, -0.2) is 17.6 Å². The SMILES string of the molecule is Cc1ccccc1C(=O)c1c(NC(=O)CCl)sc2c1CCCC2. The second-order valence-corrected chi connectivity index (χ2v) is 7.11. The number of alkyl halides is 1. The normalized spacial score (nSPS) is 13.5. The summed E-state index contributed by atoms with van der Waals surface area (Å²) < 4.78 is 0. The van der Waals surface area contributed by atoms with Crippen LogP contribution in [0.2, 0.25) is 0 Å². The fraction of sp³-hybridized carbons (Fsp3) is 0.333. The Balaban J connectivity index is 2.09. The molecule has 0 saturated carbocycles. The Bertz CT molecular complexity index is 766. The Hall–Kier alpha value is -1.65. The van der Waals surface area contributed by atoms with Crippen LogP contribution < -0.4 is 5.32 Å². The van der Waals surface area contributed by atoms with Crippen molar-refractivity contribution >= 4 is 39.6 Å². The molecule has 0 fully saturated rings. The first-order chi connectivity index (χ1) is 11.1. The zero-order valence-electron chi connectivity index (χ0n) is 12.9. The maximum atomic E-state index is 13.1. The van der Waals surface area contributed by atoms with Gasteiger partial charge >= 0.3 is 0 Å². The first kappa shape index (κ1) is 16.2. The van der Waals surface area contributed by atoms with Crippen molar-refractivity contribution in [3.05, 3.63) is 51.4 Å². The molecule has 1 aliphatic rings. The molecule has 1 aromatic carbocycles. The number of benzene rings is 1. The zero-order chi connectivity index (χ0) is 16.4. The lowest BCUT2D eigenvalue weighted by molar-refractivity contribution is -0.113. The van der Waals surface area contributed by atoms with E-state index < -0.39 is 0 Å². The number of thiophene rings is 1. The van der Waals surface area contributed by atoms with E-state index in [-0.39, 0.29) is 17.6 Å². The minimum atomic E-state index is -0.274. The molecule has 5 heteroatoms. The maximum Gasteiger partial charge on any atom is 0.239 e. The van der Waals surface area contributed by atoms with Crippen LogP contribution in [0.3, 0.4) is 0 Å². The summed E-state index contributed by atoms with van der Waals surface area (Å²) >= 11 is 7.13. The molecule has 1 aromatic heterocycles. The van der Waals surface area contributed by atoms with E-state index >= 15 is 0 Å². The van der Waals surface area contributed by atoms with Crippen LogP contribution in [-0.2, 0) is 17.6 Å². The van der Waals surface area contributed by atoms with Crippen molar-refractivity contribution in [2.75, 3.05) is 11.2 Å². The van der Waals surface area contributed by atoms with Gasteiger partial charge in [0.25, 0.3) is 0 Å². The highest BCUT2D eigenvalue weighted by molar-refractivity contribution is 7.17. The van der Waals surface area contributed by atoms with Gasteiger partial charge in [-0.05, 0) is 43.7 Å². The second kappa shape index (κ2) is 6.85. The van der Waals surface area contributed by atoms with E-state index in [1.54, 1.807) is 0 Å². The Morgan fingerprint density at radius 3 is 2.70 bits per heavy atom.